The Morgan fingerprint density at radius 3 is 2.83 bits per heavy atom. The molecule has 1 rings (SSSR count). The Balaban J connectivity index is 2.79. The van der Waals surface area contributed by atoms with E-state index >= 15 is 0 Å². The first-order valence-corrected chi connectivity index (χ1v) is 3.21. The number of aromatic amines is 1. The minimum absolute atomic E-state index is 0.459. The highest BCUT2D eigenvalue weighted by atomic mass is 16.5. The van der Waals surface area contributed by atoms with Gasteiger partial charge in [0.05, 0.1) is 12.8 Å². The fraction of sp³-hybridized carbons (Fsp3) is 0.286. The largest absolute Gasteiger partial charge is 0.459 e. The van der Waals surface area contributed by atoms with Crippen LogP contribution in [0, 0.1) is 18.8 Å². The summed E-state index contributed by atoms with van der Waals surface area (Å²) < 4.78 is 4.32. The number of carbonyl (C=O) groups excluding carboxylic acids is 1. The van der Waals surface area contributed by atoms with Crippen molar-refractivity contribution in [3.05, 3.63) is 11.4 Å². The summed E-state index contributed by atoms with van der Waals surface area (Å²) in [6.07, 6.45) is 0. The van der Waals surface area contributed by atoms with Gasteiger partial charge in [-0.15, -0.1) is 5.10 Å². The Kier molecular flexibility index (Phi) is 2.43. The molecule has 5 heteroatoms. The van der Waals surface area contributed by atoms with E-state index in [4.69, 9.17) is 0 Å². The highest BCUT2D eigenvalue weighted by molar-refractivity contribution is 5.88. The van der Waals surface area contributed by atoms with Crippen molar-refractivity contribution >= 4 is 5.97 Å². The van der Waals surface area contributed by atoms with Crippen LogP contribution in [0.25, 0.3) is 0 Å². The predicted molar refractivity (Wildman–Crippen MR) is 40.0 cm³/mol. The molecule has 0 radical (unpaired) electrons. The van der Waals surface area contributed by atoms with Crippen LogP contribution in [0.15, 0.2) is 0 Å². The van der Waals surface area contributed by atoms with Crippen molar-refractivity contribution in [3.8, 4) is 11.8 Å². The van der Waals surface area contributed by atoms with Crippen molar-refractivity contribution in [2.24, 2.45) is 0 Å². The smallest absolute Gasteiger partial charge is 0.384 e. The van der Waals surface area contributed by atoms with Gasteiger partial charge >= 0.3 is 5.97 Å². The van der Waals surface area contributed by atoms with Crippen LogP contribution in [0.5, 0.6) is 0 Å². The lowest BCUT2D eigenvalue weighted by Crippen LogP contribution is -1.94. The summed E-state index contributed by atoms with van der Waals surface area (Å²) >= 11 is 0. The molecule has 0 atom stereocenters. The number of H-pyrrole nitrogens is 1. The number of ether oxygens (including phenoxy) is 1. The molecule has 0 aliphatic rings. The molecule has 0 bridgehead atoms. The first kappa shape index (κ1) is 8.27. The van der Waals surface area contributed by atoms with Gasteiger partial charge in [-0.3, -0.25) is 0 Å². The molecular formula is C7H7N3O2. The van der Waals surface area contributed by atoms with Gasteiger partial charge in [-0.1, -0.05) is 0 Å². The zero-order chi connectivity index (χ0) is 8.97. The molecule has 62 valence electrons. The number of methoxy groups -OCH3 is 1. The Hall–Kier alpha value is -1.83. The molecule has 1 aromatic heterocycles. The lowest BCUT2D eigenvalue weighted by atomic mass is 10.3. The average molecular weight is 165 g/mol. The van der Waals surface area contributed by atoms with Crippen molar-refractivity contribution in [2.45, 2.75) is 6.92 Å². The van der Waals surface area contributed by atoms with Crippen molar-refractivity contribution in [1.29, 1.82) is 0 Å². The second-order valence-corrected chi connectivity index (χ2v) is 2.00. The molecule has 1 N–H and O–H groups in total. The monoisotopic (exact) mass is 165 g/mol. The number of nitrogens with zero attached hydrogens (tertiary/aromatic N) is 2. The van der Waals surface area contributed by atoms with E-state index in [-0.39, 0.29) is 0 Å². The van der Waals surface area contributed by atoms with E-state index in [1.165, 1.54) is 7.11 Å². The van der Waals surface area contributed by atoms with Crippen LogP contribution in [0.2, 0.25) is 0 Å². The van der Waals surface area contributed by atoms with E-state index in [2.05, 4.69) is 32.0 Å². The van der Waals surface area contributed by atoms with Gasteiger partial charge < -0.3 is 4.74 Å². The molecule has 0 aromatic carbocycles. The summed E-state index contributed by atoms with van der Waals surface area (Å²) in [5.41, 5.74) is 1.12. The van der Waals surface area contributed by atoms with Gasteiger partial charge in [-0.2, -0.15) is 10.3 Å². The van der Waals surface area contributed by atoms with E-state index in [0.717, 1.165) is 0 Å². The average Bonchev–Trinajstić information content (AvgIpc) is 2.47. The summed E-state index contributed by atoms with van der Waals surface area (Å²) in [5.74, 6) is 4.17. The fourth-order valence-corrected chi connectivity index (χ4v) is 0.564. The molecule has 0 aliphatic heterocycles. The molecule has 5 nitrogen and oxygen atoms in total. The molecule has 0 amide bonds. The van der Waals surface area contributed by atoms with Crippen molar-refractivity contribution in [1.82, 2.24) is 15.4 Å². The Morgan fingerprint density at radius 1 is 1.58 bits per heavy atom. The molecule has 0 fully saturated rings. The fourth-order valence-electron chi connectivity index (χ4n) is 0.564. The molecule has 12 heavy (non-hydrogen) atoms. The van der Waals surface area contributed by atoms with E-state index in [9.17, 15) is 4.79 Å². The summed E-state index contributed by atoms with van der Waals surface area (Å²) in [5, 5.41) is 9.82. The number of aromatic nitrogens is 3. The normalized spacial score (nSPS) is 8.50. The van der Waals surface area contributed by atoms with Crippen molar-refractivity contribution in [2.75, 3.05) is 7.11 Å². The number of carbonyl (C=O) groups is 1. The zero-order valence-corrected chi connectivity index (χ0v) is 6.71. The number of hydrogen-bond acceptors (Lipinski definition) is 4. The minimum Gasteiger partial charge on any atom is -0.459 e. The highest BCUT2D eigenvalue weighted by Crippen LogP contribution is 1.93. The van der Waals surface area contributed by atoms with E-state index < -0.39 is 5.97 Å². The standard InChI is InChI=1S/C7H7N3O2/c1-5-6(9-10-8-5)3-4-7(11)12-2/h1-2H3,(H,8,9,10). The van der Waals surface area contributed by atoms with Crippen LogP contribution >= 0.6 is 0 Å². The van der Waals surface area contributed by atoms with Crippen LogP contribution in [0.3, 0.4) is 0 Å². The lowest BCUT2D eigenvalue weighted by molar-refractivity contribution is -0.133. The number of nitrogens with one attached hydrogen (secondary N) is 1. The second-order valence-electron chi connectivity index (χ2n) is 2.00. The van der Waals surface area contributed by atoms with Crippen LogP contribution in [-0.2, 0) is 9.53 Å². The second kappa shape index (κ2) is 3.53. The van der Waals surface area contributed by atoms with E-state index in [1.54, 1.807) is 6.92 Å². The Morgan fingerprint density at radius 2 is 2.33 bits per heavy atom. The third kappa shape index (κ3) is 1.83. The van der Waals surface area contributed by atoms with Crippen LogP contribution in [-0.4, -0.2) is 28.5 Å². The van der Waals surface area contributed by atoms with Gasteiger partial charge in [0, 0.05) is 5.92 Å². The third-order valence-electron chi connectivity index (χ3n) is 1.19. The van der Waals surface area contributed by atoms with Gasteiger partial charge in [0.1, 0.15) is 0 Å². The Labute approximate surface area is 69.1 Å². The van der Waals surface area contributed by atoms with Gasteiger partial charge in [-0.25, -0.2) is 4.79 Å². The first-order chi connectivity index (χ1) is 5.74. The van der Waals surface area contributed by atoms with Crippen LogP contribution in [0.1, 0.15) is 11.4 Å². The molecule has 1 aromatic rings. The summed E-state index contributed by atoms with van der Waals surface area (Å²) in [7, 11) is 1.27. The SMILES string of the molecule is COC(=O)C#Cc1n[nH]nc1C. The van der Waals surface area contributed by atoms with Gasteiger partial charge in [-0.05, 0) is 12.8 Å². The molecule has 0 saturated carbocycles. The molecule has 0 saturated heterocycles. The molecule has 0 spiro atoms. The number of hydrogen-bond donors (Lipinski definition) is 1. The topological polar surface area (TPSA) is 67.9 Å². The van der Waals surface area contributed by atoms with Crippen molar-refractivity contribution in [3.63, 3.8) is 0 Å². The van der Waals surface area contributed by atoms with E-state index in [0.29, 0.717) is 11.4 Å². The lowest BCUT2D eigenvalue weighted by Gasteiger charge is -1.83. The molecule has 0 unspecified atom stereocenters. The maximum atomic E-state index is 10.6. The summed E-state index contributed by atoms with van der Waals surface area (Å²) in [4.78, 5) is 10.6. The van der Waals surface area contributed by atoms with Gasteiger partial charge in [0.2, 0.25) is 0 Å². The first-order valence-electron chi connectivity index (χ1n) is 3.21. The van der Waals surface area contributed by atoms with Crippen molar-refractivity contribution < 1.29 is 9.53 Å². The van der Waals surface area contributed by atoms with Gasteiger partial charge in [0.25, 0.3) is 0 Å². The molecular weight excluding hydrogens is 158 g/mol. The van der Waals surface area contributed by atoms with Crippen LogP contribution < -0.4 is 0 Å². The maximum Gasteiger partial charge on any atom is 0.384 e. The third-order valence-corrected chi connectivity index (χ3v) is 1.19. The summed E-state index contributed by atoms with van der Waals surface area (Å²) in [6, 6.07) is 0. The number of aryl methyl sites for hydroxylation is 1. The minimum atomic E-state index is -0.586. The maximum absolute atomic E-state index is 10.6. The quantitative estimate of drug-likeness (QED) is 0.421. The van der Waals surface area contributed by atoms with Gasteiger partial charge in [0.15, 0.2) is 5.69 Å². The van der Waals surface area contributed by atoms with E-state index in [1.807, 2.05) is 0 Å². The summed E-state index contributed by atoms with van der Waals surface area (Å²) in [6.45, 7) is 1.74. The zero-order valence-electron chi connectivity index (χ0n) is 6.71. The molecule has 1 heterocycles. The number of esters is 1. The predicted octanol–water partition coefficient (Wildman–Crippen LogP) is -0.362. The Bertz CT molecular complexity index is 345. The molecule has 0 aliphatic carbocycles. The highest BCUT2D eigenvalue weighted by Gasteiger charge is 1.97. The van der Waals surface area contributed by atoms with Crippen LogP contribution in [0.4, 0.5) is 0 Å². The number of rotatable bonds is 0.